The maximum atomic E-state index is 5.69. The number of ether oxygens (including phenoxy) is 1. The second-order valence-electron chi connectivity index (χ2n) is 4.59. The molecule has 1 atom stereocenters. The third-order valence-electron chi connectivity index (χ3n) is 2.95. The Morgan fingerprint density at radius 3 is 3.06 bits per heavy atom. The molecule has 3 N–H and O–H groups in total. The van der Waals surface area contributed by atoms with Crippen molar-refractivity contribution in [1.82, 2.24) is 10.3 Å². The fourth-order valence-corrected chi connectivity index (χ4v) is 1.97. The molecule has 1 aliphatic heterocycles. The zero-order chi connectivity index (χ0) is 11.4. The van der Waals surface area contributed by atoms with E-state index in [1.807, 2.05) is 12.1 Å². The van der Waals surface area contributed by atoms with Gasteiger partial charge < -0.3 is 15.8 Å². The Morgan fingerprint density at radius 1 is 1.56 bits per heavy atom. The summed E-state index contributed by atoms with van der Waals surface area (Å²) in [5, 5.41) is 3.38. The zero-order valence-corrected chi connectivity index (χ0v) is 9.70. The lowest BCUT2D eigenvalue weighted by Crippen LogP contribution is -2.36. The lowest BCUT2D eigenvalue weighted by atomic mass is 10.0. The standard InChI is InChI=1S/C12H19N3O/c1-12(5-2-6-16-12)9-14-8-11-4-3-10(13)7-15-11/h3-4,7,14H,2,5-6,8-9,13H2,1H3. The van der Waals surface area contributed by atoms with Gasteiger partial charge in [0.25, 0.3) is 0 Å². The van der Waals surface area contributed by atoms with E-state index in [2.05, 4.69) is 17.2 Å². The molecule has 1 aliphatic rings. The molecule has 1 aromatic heterocycles. The Hall–Kier alpha value is -1.13. The highest BCUT2D eigenvalue weighted by atomic mass is 16.5. The molecule has 1 saturated heterocycles. The van der Waals surface area contributed by atoms with E-state index in [4.69, 9.17) is 10.5 Å². The first-order valence-electron chi connectivity index (χ1n) is 5.73. The van der Waals surface area contributed by atoms with Gasteiger partial charge in [0.2, 0.25) is 0 Å². The minimum absolute atomic E-state index is 0.00775. The predicted molar refractivity (Wildman–Crippen MR) is 63.9 cm³/mol. The highest BCUT2D eigenvalue weighted by Gasteiger charge is 2.28. The van der Waals surface area contributed by atoms with Crippen LogP contribution in [0.1, 0.15) is 25.5 Å². The SMILES string of the molecule is CC1(CNCc2ccc(N)cn2)CCCO1. The normalized spacial score (nSPS) is 24.8. The average molecular weight is 221 g/mol. The number of aromatic nitrogens is 1. The number of nitrogens with zero attached hydrogens (tertiary/aromatic N) is 1. The molecule has 0 aromatic carbocycles. The topological polar surface area (TPSA) is 60.2 Å². The van der Waals surface area contributed by atoms with Crippen molar-refractivity contribution in [2.45, 2.75) is 31.9 Å². The first kappa shape index (κ1) is 11.4. The molecule has 4 nitrogen and oxygen atoms in total. The van der Waals surface area contributed by atoms with Gasteiger partial charge in [-0.2, -0.15) is 0 Å². The van der Waals surface area contributed by atoms with Gasteiger partial charge in [0.05, 0.1) is 23.2 Å². The summed E-state index contributed by atoms with van der Waals surface area (Å²) in [4.78, 5) is 4.24. The molecule has 16 heavy (non-hydrogen) atoms. The molecular formula is C12H19N3O. The van der Waals surface area contributed by atoms with Gasteiger partial charge in [-0.05, 0) is 31.9 Å². The average Bonchev–Trinajstić information content (AvgIpc) is 2.69. The second kappa shape index (κ2) is 4.80. The van der Waals surface area contributed by atoms with Crippen molar-refractivity contribution < 1.29 is 4.74 Å². The van der Waals surface area contributed by atoms with Gasteiger partial charge >= 0.3 is 0 Å². The molecular weight excluding hydrogens is 202 g/mol. The van der Waals surface area contributed by atoms with Crippen molar-refractivity contribution in [2.24, 2.45) is 0 Å². The van der Waals surface area contributed by atoms with Crippen LogP contribution in [0, 0.1) is 0 Å². The first-order chi connectivity index (χ1) is 7.68. The number of pyridine rings is 1. The summed E-state index contributed by atoms with van der Waals surface area (Å²) >= 11 is 0. The quantitative estimate of drug-likeness (QED) is 0.805. The molecule has 1 aromatic rings. The Morgan fingerprint density at radius 2 is 2.44 bits per heavy atom. The van der Waals surface area contributed by atoms with Crippen LogP contribution in [0.4, 0.5) is 5.69 Å². The summed E-state index contributed by atoms with van der Waals surface area (Å²) in [7, 11) is 0. The summed E-state index contributed by atoms with van der Waals surface area (Å²) in [6.45, 7) is 4.68. The maximum Gasteiger partial charge on any atom is 0.0779 e. The van der Waals surface area contributed by atoms with Crippen molar-refractivity contribution in [3.8, 4) is 0 Å². The number of hydrogen-bond acceptors (Lipinski definition) is 4. The Labute approximate surface area is 96.2 Å². The lowest BCUT2D eigenvalue weighted by Gasteiger charge is -2.23. The van der Waals surface area contributed by atoms with Crippen LogP contribution in [0.15, 0.2) is 18.3 Å². The number of anilines is 1. The predicted octanol–water partition coefficient (Wildman–Crippen LogP) is 1.32. The number of nitrogens with one attached hydrogen (secondary N) is 1. The smallest absolute Gasteiger partial charge is 0.0779 e. The van der Waals surface area contributed by atoms with E-state index in [-0.39, 0.29) is 5.60 Å². The number of rotatable bonds is 4. The third-order valence-corrected chi connectivity index (χ3v) is 2.95. The molecule has 1 fully saturated rings. The monoisotopic (exact) mass is 221 g/mol. The number of hydrogen-bond donors (Lipinski definition) is 2. The van der Waals surface area contributed by atoms with Crippen molar-refractivity contribution in [1.29, 1.82) is 0 Å². The van der Waals surface area contributed by atoms with E-state index in [1.54, 1.807) is 6.20 Å². The zero-order valence-electron chi connectivity index (χ0n) is 9.70. The van der Waals surface area contributed by atoms with Gasteiger partial charge in [-0.25, -0.2) is 0 Å². The van der Waals surface area contributed by atoms with Gasteiger partial charge in [-0.1, -0.05) is 0 Å². The molecule has 2 heterocycles. The lowest BCUT2D eigenvalue weighted by molar-refractivity contribution is 0.0206. The van der Waals surface area contributed by atoms with Crippen molar-refractivity contribution in [3.05, 3.63) is 24.0 Å². The maximum absolute atomic E-state index is 5.69. The minimum Gasteiger partial charge on any atom is -0.397 e. The van der Waals surface area contributed by atoms with Gasteiger partial charge in [0.15, 0.2) is 0 Å². The number of nitrogens with two attached hydrogens (primary N) is 1. The Kier molecular flexibility index (Phi) is 3.41. The summed E-state index contributed by atoms with van der Waals surface area (Å²) in [5.74, 6) is 0. The van der Waals surface area contributed by atoms with Crippen LogP contribution in [-0.2, 0) is 11.3 Å². The van der Waals surface area contributed by atoms with Crippen molar-refractivity contribution >= 4 is 5.69 Å². The van der Waals surface area contributed by atoms with Gasteiger partial charge in [-0.15, -0.1) is 0 Å². The van der Waals surface area contributed by atoms with Gasteiger partial charge in [-0.3, -0.25) is 4.98 Å². The molecule has 0 amide bonds. The third kappa shape index (κ3) is 2.93. The van der Waals surface area contributed by atoms with Crippen LogP contribution < -0.4 is 11.1 Å². The molecule has 1 unspecified atom stereocenters. The molecule has 2 rings (SSSR count). The summed E-state index contributed by atoms with van der Waals surface area (Å²) < 4.78 is 5.69. The number of nitrogen functional groups attached to an aromatic ring is 1. The molecule has 4 heteroatoms. The van der Waals surface area contributed by atoms with Gasteiger partial charge in [0, 0.05) is 19.7 Å². The fraction of sp³-hybridized carbons (Fsp3) is 0.583. The Balaban J connectivity index is 1.77. The Bertz CT molecular complexity index is 331. The van der Waals surface area contributed by atoms with Crippen molar-refractivity contribution in [2.75, 3.05) is 18.9 Å². The highest BCUT2D eigenvalue weighted by molar-refractivity contribution is 5.34. The van der Waals surface area contributed by atoms with Gasteiger partial charge in [0.1, 0.15) is 0 Å². The van der Waals surface area contributed by atoms with Crippen LogP contribution >= 0.6 is 0 Å². The van der Waals surface area contributed by atoms with E-state index in [0.717, 1.165) is 38.2 Å². The molecule has 0 aliphatic carbocycles. The van der Waals surface area contributed by atoms with Crippen LogP contribution in [0.3, 0.4) is 0 Å². The summed E-state index contributed by atoms with van der Waals surface area (Å²) in [5.41, 5.74) is 7.29. The summed E-state index contributed by atoms with van der Waals surface area (Å²) in [6, 6.07) is 3.82. The highest BCUT2D eigenvalue weighted by Crippen LogP contribution is 2.23. The minimum atomic E-state index is 0.00775. The second-order valence-corrected chi connectivity index (χ2v) is 4.59. The van der Waals surface area contributed by atoms with Crippen molar-refractivity contribution in [3.63, 3.8) is 0 Å². The van der Waals surface area contributed by atoms with E-state index >= 15 is 0 Å². The van der Waals surface area contributed by atoms with Crippen LogP contribution in [0.25, 0.3) is 0 Å². The van der Waals surface area contributed by atoms with E-state index < -0.39 is 0 Å². The van der Waals surface area contributed by atoms with Crippen LogP contribution in [0.2, 0.25) is 0 Å². The first-order valence-corrected chi connectivity index (χ1v) is 5.73. The van der Waals surface area contributed by atoms with E-state index in [0.29, 0.717) is 5.69 Å². The van der Waals surface area contributed by atoms with Crippen LogP contribution in [-0.4, -0.2) is 23.7 Å². The fourth-order valence-electron chi connectivity index (χ4n) is 1.97. The molecule has 0 bridgehead atoms. The van der Waals surface area contributed by atoms with E-state index in [1.165, 1.54) is 0 Å². The van der Waals surface area contributed by atoms with Crippen LogP contribution in [0.5, 0.6) is 0 Å². The molecule has 0 spiro atoms. The molecule has 0 radical (unpaired) electrons. The largest absolute Gasteiger partial charge is 0.397 e. The molecule has 88 valence electrons. The van der Waals surface area contributed by atoms with E-state index in [9.17, 15) is 0 Å². The summed E-state index contributed by atoms with van der Waals surface area (Å²) in [6.07, 6.45) is 3.98. The molecule has 0 saturated carbocycles.